The van der Waals surface area contributed by atoms with E-state index in [1.54, 1.807) is 6.33 Å². The maximum atomic E-state index is 11.8. The van der Waals surface area contributed by atoms with Gasteiger partial charge in [-0.25, -0.2) is 0 Å². The summed E-state index contributed by atoms with van der Waals surface area (Å²) in [4.78, 5) is 23.7. The summed E-state index contributed by atoms with van der Waals surface area (Å²) in [5.41, 5.74) is 1.07. The second kappa shape index (κ2) is 4.96. The molecule has 0 radical (unpaired) electrons. The third kappa shape index (κ3) is 2.43. The van der Waals surface area contributed by atoms with E-state index in [0.717, 1.165) is 10.7 Å². The van der Waals surface area contributed by atoms with Crippen LogP contribution in [-0.4, -0.2) is 39.0 Å². The third-order valence-electron chi connectivity index (χ3n) is 3.12. The lowest BCUT2D eigenvalue weighted by Crippen LogP contribution is -2.42. The lowest BCUT2D eigenvalue weighted by molar-refractivity contribution is -0.125. The van der Waals surface area contributed by atoms with Crippen LogP contribution < -0.4 is 10.6 Å². The van der Waals surface area contributed by atoms with E-state index in [2.05, 4.69) is 20.8 Å². The van der Waals surface area contributed by atoms with E-state index in [1.165, 1.54) is 11.3 Å². The largest absolute Gasteiger partial charge is 0.354 e. The summed E-state index contributed by atoms with van der Waals surface area (Å²) in [6, 6.07) is -0.370. The van der Waals surface area contributed by atoms with Crippen molar-refractivity contribution in [2.45, 2.75) is 25.3 Å². The zero-order chi connectivity index (χ0) is 13.2. The smallest absolute Gasteiger partial charge is 0.242 e. The van der Waals surface area contributed by atoms with Crippen LogP contribution in [0.15, 0.2) is 11.7 Å². The first-order valence-corrected chi connectivity index (χ1v) is 6.95. The zero-order valence-electron chi connectivity index (χ0n) is 10.1. The van der Waals surface area contributed by atoms with Crippen LogP contribution in [0.5, 0.6) is 0 Å². The molecule has 0 aliphatic carbocycles. The van der Waals surface area contributed by atoms with Crippen molar-refractivity contribution < 1.29 is 9.59 Å². The minimum atomic E-state index is -0.370. The molecular formula is C11H13N5O2S. The van der Waals surface area contributed by atoms with Crippen molar-refractivity contribution in [2.75, 3.05) is 6.54 Å². The van der Waals surface area contributed by atoms with Crippen molar-refractivity contribution >= 4 is 28.1 Å². The predicted molar refractivity (Wildman–Crippen MR) is 68.7 cm³/mol. The molecule has 2 aromatic rings. The lowest BCUT2D eigenvalue weighted by atomic mass is 10.2. The molecule has 0 bridgehead atoms. The van der Waals surface area contributed by atoms with Gasteiger partial charge in [-0.2, -0.15) is 0 Å². The Morgan fingerprint density at radius 3 is 3.32 bits per heavy atom. The fraction of sp³-hybridized carbons (Fsp3) is 0.455. The Labute approximate surface area is 113 Å². The number of amides is 2. The predicted octanol–water partition coefficient (Wildman–Crippen LogP) is -0.272. The summed E-state index contributed by atoms with van der Waals surface area (Å²) >= 11 is 1.52. The molecule has 3 rings (SSSR count). The highest BCUT2D eigenvalue weighted by atomic mass is 32.1. The van der Waals surface area contributed by atoms with Crippen LogP contribution in [0.3, 0.4) is 0 Å². The van der Waals surface area contributed by atoms with Gasteiger partial charge in [-0.1, -0.05) is 0 Å². The van der Waals surface area contributed by atoms with E-state index in [-0.39, 0.29) is 17.9 Å². The molecule has 2 N–H and O–H groups in total. The molecule has 1 unspecified atom stereocenters. The maximum absolute atomic E-state index is 11.8. The van der Waals surface area contributed by atoms with Gasteiger partial charge in [-0.15, -0.1) is 21.5 Å². The molecule has 1 aliphatic rings. The van der Waals surface area contributed by atoms with Gasteiger partial charge in [0.1, 0.15) is 12.4 Å². The fourth-order valence-electron chi connectivity index (χ4n) is 2.11. The number of aromatic nitrogens is 3. The molecular weight excluding hydrogens is 266 g/mol. The molecule has 0 saturated carbocycles. The summed E-state index contributed by atoms with van der Waals surface area (Å²) in [5.74, 6) is -0.162. The van der Waals surface area contributed by atoms with Crippen LogP contribution in [0.1, 0.15) is 18.5 Å². The van der Waals surface area contributed by atoms with Crippen LogP contribution in [-0.2, 0) is 16.0 Å². The van der Waals surface area contributed by atoms with E-state index >= 15 is 0 Å². The van der Waals surface area contributed by atoms with Gasteiger partial charge in [0.05, 0.1) is 0 Å². The second-order valence-electron chi connectivity index (χ2n) is 4.41. The van der Waals surface area contributed by atoms with E-state index in [4.69, 9.17) is 0 Å². The maximum Gasteiger partial charge on any atom is 0.242 e. The van der Waals surface area contributed by atoms with Gasteiger partial charge in [-0.3, -0.25) is 14.0 Å². The number of hydrogen-bond acceptors (Lipinski definition) is 5. The number of carbonyl (C=O) groups is 2. The molecule has 1 fully saturated rings. The first-order valence-electron chi connectivity index (χ1n) is 6.07. The summed E-state index contributed by atoms with van der Waals surface area (Å²) in [6.45, 7) is 0.537. The molecule has 2 aromatic heterocycles. The number of nitrogens with one attached hydrogen (secondary N) is 2. The highest BCUT2D eigenvalue weighted by molar-refractivity contribution is 7.15. The summed E-state index contributed by atoms with van der Waals surface area (Å²) in [5, 5.41) is 15.3. The SMILES string of the molecule is O=C1CCC(C(=O)NCCc2csc3nncn23)N1. The molecule has 2 amide bonds. The van der Waals surface area contributed by atoms with Gasteiger partial charge in [-0.05, 0) is 6.42 Å². The van der Waals surface area contributed by atoms with Gasteiger partial charge in [0.2, 0.25) is 16.8 Å². The van der Waals surface area contributed by atoms with Crippen LogP contribution >= 0.6 is 11.3 Å². The first kappa shape index (κ1) is 12.1. The Kier molecular flexibility index (Phi) is 3.16. The summed E-state index contributed by atoms with van der Waals surface area (Å²) < 4.78 is 1.91. The number of carbonyl (C=O) groups excluding carboxylic acids is 2. The molecule has 19 heavy (non-hydrogen) atoms. The van der Waals surface area contributed by atoms with E-state index in [1.807, 2.05) is 9.78 Å². The Bertz CT molecular complexity index is 619. The molecule has 100 valence electrons. The van der Waals surface area contributed by atoms with Gasteiger partial charge >= 0.3 is 0 Å². The van der Waals surface area contributed by atoms with Crippen molar-refractivity contribution in [3.05, 3.63) is 17.4 Å². The first-order chi connectivity index (χ1) is 9.24. The van der Waals surface area contributed by atoms with Crippen molar-refractivity contribution in [1.82, 2.24) is 25.2 Å². The van der Waals surface area contributed by atoms with Crippen molar-refractivity contribution in [1.29, 1.82) is 0 Å². The quantitative estimate of drug-likeness (QED) is 0.806. The average molecular weight is 279 g/mol. The number of fused-ring (bicyclic) bond motifs is 1. The van der Waals surface area contributed by atoms with E-state index < -0.39 is 0 Å². The number of hydrogen-bond donors (Lipinski definition) is 2. The van der Waals surface area contributed by atoms with Crippen molar-refractivity contribution in [3.8, 4) is 0 Å². The van der Waals surface area contributed by atoms with E-state index in [0.29, 0.717) is 25.8 Å². The highest BCUT2D eigenvalue weighted by Gasteiger charge is 2.26. The standard InChI is InChI=1S/C11H13N5O2S/c17-9-2-1-8(14-9)10(18)12-4-3-7-5-19-11-15-13-6-16(7)11/h5-6,8H,1-4H2,(H,12,18)(H,14,17). The molecule has 0 spiro atoms. The van der Waals surface area contributed by atoms with E-state index in [9.17, 15) is 9.59 Å². The topological polar surface area (TPSA) is 88.4 Å². The molecule has 3 heterocycles. The van der Waals surface area contributed by atoms with Gasteiger partial charge in [0.25, 0.3) is 0 Å². The zero-order valence-corrected chi connectivity index (χ0v) is 10.9. The minimum Gasteiger partial charge on any atom is -0.354 e. The van der Waals surface area contributed by atoms with Crippen LogP contribution in [0, 0.1) is 0 Å². The second-order valence-corrected chi connectivity index (χ2v) is 5.25. The molecule has 8 heteroatoms. The Hall–Kier alpha value is -1.96. The number of thiazole rings is 1. The fourth-order valence-corrected chi connectivity index (χ4v) is 2.95. The van der Waals surface area contributed by atoms with Gasteiger partial charge in [0.15, 0.2) is 0 Å². The van der Waals surface area contributed by atoms with Crippen LogP contribution in [0.25, 0.3) is 4.96 Å². The molecule has 1 saturated heterocycles. The normalized spacial score (nSPS) is 18.7. The molecule has 1 atom stereocenters. The minimum absolute atomic E-state index is 0.0517. The number of rotatable bonds is 4. The average Bonchev–Trinajstić information content (AvgIpc) is 3.06. The Morgan fingerprint density at radius 1 is 1.63 bits per heavy atom. The Balaban J connectivity index is 1.52. The molecule has 7 nitrogen and oxygen atoms in total. The Morgan fingerprint density at radius 2 is 2.53 bits per heavy atom. The van der Waals surface area contributed by atoms with Gasteiger partial charge in [0, 0.05) is 30.5 Å². The summed E-state index contributed by atoms with van der Waals surface area (Å²) in [6.07, 6.45) is 3.40. The number of nitrogens with zero attached hydrogens (tertiary/aromatic N) is 3. The lowest BCUT2D eigenvalue weighted by Gasteiger charge is -2.10. The third-order valence-corrected chi connectivity index (χ3v) is 4.00. The van der Waals surface area contributed by atoms with Crippen molar-refractivity contribution in [3.63, 3.8) is 0 Å². The monoisotopic (exact) mass is 279 g/mol. The van der Waals surface area contributed by atoms with Crippen molar-refractivity contribution in [2.24, 2.45) is 0 Å². The van der Waals surface area contributed by atoms with Crippen LogP contribution in [0.4, 0.5) is 0 Å². The highest BCUT2D eigenvalue weighted by Crippen LogP contribution is 2.13. The molecule has 1 aliphatic heterocycles. The summed E-state index contributed by atoms with van der Waals surface area (Å²) in [7, 11) is 0. The molecule has 0 aromatic carbocycles. The van der Waals surface area contributed by atoms with Crippen LogP contribution in [0.2, 0.25) is 0 Å². The van der Waals surface area contributed by atoms with Gasteiger partial charge < -0.3 is 10.6 Å².